The highest BCUT2D eigenvalue weighted by atomic mass is 35.5. The van der Waals surface area contributed by atoms with Crippen molar-refractivity contribution in [1.82, 2.24) is 0 Å². The van der Waals surface area contributed by atoms with E-state index in [-0.39, 0.29) is 30.7 Å². The standard InChI is InChI=1S/C15H21F3N2O.ClH/c1-3-10(2)13(19)14(21)20-12-6-4-5-11(9-12)7-8-15(16,17)18;/h4-6,9-10,13H,3,7-8,19H2,1-2H3,(H,20,21);1H. The summed E-state index contributed by atoms with van der Waals surface area (Å²) in [6, 6.07) is 5.78. The normalized spacial score (nSPS) is 13.9. The number of rotatable bonds is 6. The van der Waals surface area contributed by atoms with Crippen LogP contribution in [-0.4, -0.2) is 18.1 Å². The van der Waals surface area contributed by atoms with Gasteiger partial charge in [-0.05, 0) is 30.0 Å². The fourth-order valence-corrected chi connectivity index (χ4v) is 1.83. The second kappa shape index (κ2) is 9.00. The Labute approximate surface area is 134 Å². The molecule has 0 aliphatic heterocycles. The molecule has 0 fully saturated rings. The third-order valence-corrected chi connectivity index (χ3v) is 3.45. The largest absolute Gasteiger partial charge is 0.389 e. The van der Waals surface area contributed by atoms with Crippen molar-refractivity contribution >= 4 is 24.0 Å². The van der Waals surface area contributed by atoms with E-state index in [2.05, 4.69) is 5.32 Å². The van der Waals surface area contributed by atoms with Crippen LogP contribution in [0.3, 0.4) is 0 Å². The smallest absolute Gasteiger partial charge is 0.325 e. The Morgan fingerprint density at radius 1 is 1.36 bits per heavy atom. The summed E-state index contributed by atoms with van der Waals surface area (Å²) in [6.07, 6.45) is -4.39. The van der Waals surface area contributed by atoms with Gasteiger partial charge >= 0.3 is 6.18 Å². The van der Waals surface area contributed by atoms with Crippen LogP contribution in [0.15, 0.2) is 24.3 Å². The Kier molecular flexibility index (Phi) is 8.48. The van der Waals surface area contributed by atoms with Crippen LogP contribution < -0.4 is 11.1 Å². The number of hydrogen-bond acceptors (Lipinski definition) is 2. The summed E-state index contributed by atoms with van der Waals surface area (Å²) in [6.45, 7) is 3.82. The van der Waals surface area contributed by atoms with E-state index in [1.54, 1.807) is 24.3 Å². The molecule has 0 aliphatic rings. The Morgan fingerprint density at radius 3 is 2.55 bits per heavy atom. The minimum absolute atomic E-state index is 0. The van der Waals surface area contributed by atoms with Gasteiger partial charge in [0.25, 0.3) is 0 Å². The predicted octanol–water partition coefficient (Wildman–Crippen LogP) is 3.92. The van der Waals surface area contributed by atoms with E-state index in [1.807, 2.05) is 13.8 Å². The number of benzene rings is 1. The number of aryl methyl sites for hydroxylation is 1. The number of alkyl halides is 3. The number of carbonyl (C=O) groups is 1. The van der Waals surface area contributed by atoms with E-state index in [0.717, 1.165) is 6.42 Å². The summed E-state index contributed by atoms with van der Waals surface area (Å²) in [5.41, 5.74) is 6.81. The SMILES string of the molecule is CCC(C)C(N)C(=O)Nc1cccc(CCC(F)(F)F)c1.Cl. The highest BCUT2D eigenvalue weighted by Gasteiger charge is 2.26. The lowest BCUT2D eigenvalue weighted by Crippen LogP contribution is -2.40. The topological polar surface area (TPSA) is 55.1 Å². The third kappa shape index (κ3) is 7.13. The van der Waals surface area contributed by atoms with Crippen molar-refractivity contribution in [3.8, 4) is 0 Å². The maximum absolute atomic E-state index is 12.2. The van der Waals surface area contributed by atoms with Gasteiger partial charge < -0.3 is 11.1 Å². The number of nitrogens with two attached hydrogens (primary N) is 1. The Hall–Kier alpha value is -1.27. The second-order valence-electron chi connectivity index (χ2n) is 5.22. The molecule has 0 heterocycles. The van der Waals surface area contributed by atoms with Crippen LogP contribution in [0.4, 0.5) is 18.9 Å². The first-order chi connectivity index (χ1) is 9.73. The highest BCUT2D eigenvalue weighted by Crippen LogP contribution is 2.23. The van der Waals surface area contributed by atoms with Gasteiger partial charge in [0.05, 0.1) is 6.04 Å². The summed E-state index contributed by atoms with van der Waals surface area (Å²) in [5, 5.41) is 2.65. The van der Waals surface area contributed by atoms with Crippen molar-refractivity contribution in [2.24, 2.45) is 11.7 Å². The van der Waals surface area contributed by atoms with Gasteiger partial charge in [-0.3, -0.25) is 4.79 Å². The van der Waals surface area contributed by atoms with E-state index >= 15 is 0 Å². The van der Waals surface area contributed by atoms with Crippen LogP contribution in [-0.2, 0) is 11.2 Å². The maximum Gasteiger partial charge on any atom is 0.389 e. The molecule has 2 atom stereocenters. The lowest BCUT2D eigenvalue weighted by molar-refractivity contribution is -0.134. The van der Waals surface area contributed by atoms with Gasteiger partial charge in [-0.15, -0.1) is 12.4 Å². The molecule has 0 saturated carbocycles. The van der Waals surface area contributed by atoms with Crippen LogP contribution in [0.25, 0.3) is 0 Å². The van der Waals surface area contributed by atoms with Gasteiger partial charge in [0.1, 0.15) is 0 Å². The second-order valence-corrected chi connectivity index (χ2v) is 5.22. The fourth-order valence-electron chi connectivity index (χ4n) is 1.83. The van der Waals surface area contributed by atoms with E-state index in [9.17, 15) is 18.0 Å². The van der Waals surface area contributed by atoms with Gasteiger partial charge in [-0.25, -0.2) is 0 Å². The van der Waals surface area contributed by atoms with Crippen molar-refractivity contribution in [1.29, 1.82) is 0 Å². The summed E-state index contributed by atoms with van der Waals surface area (Å²) < 4.78 is 36.6. The molecule has 0 bridgehead atoms. The van der Waals surface area contributed by atoms with Gasteiger partial charge in [0.15, 0.2) is 0 Å². The fraction of sp³-hybridized carbons (Fsp3) is 0.533. The minimum atomic E-state index is -4.18. The van der Waals surface area contributed by atoms with Gasteiger partial charge in [0, 0.05) is 12.1 Å². The highest BCUT2D eigenvalue weighted by molar-refractivity contribution is 5.94. The molecular weight excluding hydrogens is 317 g/mol. The Morgan fingerprint density at radius 2 is 2.00 bits per heavy atom. The summed E-state index contributed by atoms with van der Waals surface area (Å²) in [7, 11) is 0. The van der Waals surface area contributed by atoms with Crippen LogP contribution >= 0.6 is 12.4 Å². The molecule has 3 nitrogen and oxygen atoms in total. The quantitative estimate of drug-likeness (QED) is 0.826. The molecule has 0 spiro atoms. The van der Waals surface area contributed by atoms with Gasteiger partial charge in [-0.2, -0.15) is 13.2 Å². The zero-order valence-electron chi connectivity index (χ0n) is 12.6. The molecule has 1 amide bonds. The predicted molar refractivity (Wildman–Crippen MR) is 84.1 cm³/mol. The Balaban J connectivity index is 0.00000441. The van der Waals surface area contributed by atoms with Gasteiger partial charge in [0.2, 0.25) is 5.91 Å². The third-order valence-electron chi connectivity index (χ3n) is 3.45. The van der Waals surface area contributed by atoms with Crippen LogP contribution in [0.2, 0.25) is 0 Å². The molecule has 126 valence electrons. The number of carbonyl (C=O) groups excluding carboxylic acids is 1. The summed E-state index contributed by atoms with van der Waals surface area (Å²) in [5.74, 6) is -0.282. The molecular formula is C15H22ClF3N2O. The molecule has 1 aromatic rings. The van der Waals surface area contributed by atoms with E-state index < -0.39 is 18.6 Å². The van der Waals surface area contributed by atoms with Crippen LogP contribution in [0.1, 0.15) is 32.3 Å². The van der Waals surface area contributed by atoms with E-state index in [4.69, 9.17) is 5.73 Å². The monoisotopic (exact) mass is 338 g/mol. The van der Waals surface area contributed by atoms with Crippen LogP contribution in [0, 0.1) is 5.92 Å². The van der Waals surface area contributed by atoms with Crippen LogP contribution in [0.5, 0.6) is 0 Å². The van der Waals surface area contributed by atoms with E-state index in [1.165, 1.54) is 0 Å². The molecule has 1 aromatic carbocycles. The first kappa shape index (κ1) is 20.7. The molecule has 1 rings (SSSR count). The number of nitrogens with one attached hydrogen (secondary N) is 1. The molecule has 7 heteroatoms. The van der Waals surface area contributed by atoms with Crippen molar-refractivity contribution in [2.45, 2.75) is 45.3 Å². The molecule has 2 unspecified atom stereocenters. The van der Waals surface area contributed by atoms with Crippen molar-refractivity contribution in [3.63, 3.8) is 0 Å². The van der Waals surface area contributed by atoms with Crippen molar-refractivity contribution < 1.29 is 18.0 Å². The molecule has 0 aliphatic carbocycles. The lowest BCUT2D eigenvalue weighted by Gasteiger charge is -2.18. The average Bonchev–Trinajstić information content (AvgIpc) is 2.43. The van der Waals surface area contributed by atoms with Gasteiger partial charge in [-0.1, -0.05) is 32.4 Å². The first-order valence-electron chi connectivity index (χ1n) is 6.95. The number of halogens is 4. The molecule has 3 N–H and O–H groups in total. The maximum atomic E-state index is 12.2. The zero-order valence-corrected chi connectivity index (χ0v) is 13.4. The Bertz CT molecular complexity index is 480. The summed E-state index contributed by atoms with van der Waals surface area (Å²) in [4.78, 5) is 11.9. The number of anilines is 1. The average molecular weight is 339 g/mol. The number of hydrogen-bond donors (Lipinski definition) is 2. The summed E-state index contributed by atoms with van der Waals surface area (Å²) >= 11 is 0. The molecule has 0 radical (unpaired) electrons. The minimum Gasteiger partial charge on any atom is -0.325 e. The lowest BCUT2D eigenvalue weighted by atomic mass is 9.99. The van der Waals surface area contributed by atoms with E-state index in [0.29, 0.717) is 11.3 Å². The van der Waals surface area contributed by atoms with Crippen molar-refractivity contribution in [2.75, 3.05) is 5.32 Å². The number of amides is 1. The molecule has 0 aromatic heterocycles. The zero-order chi connectivity index (χ0) is 16.0. The molecule has 0 saturated heterocycles. The van der Waals surface area contributed by atoms with Crippen molar-refractivity contribution in [3.05, 3.63) is 29.8 Å². The molecule has 22 heavy (non-hydrogen) atoms. The first-order valence-corrected chi connectivity index (χ1v) is 6.95.